The van der Waals surface area contributed by atoms with Gasteiger partial charge in [-0.05, 0) is 23.6 Å². The number of ketones is 1. The zero-order valence-electron chi connectivity index (χ0n) is 11.2. The van der Waals surface area contributed by atoms with E-state index in [2.05, 4.69) is 13.8 Å². The molecule has 0 aromatic heterocycles. The summed E-state index contributed by atoms with van der Waals surface area (Å²) in [6.45, 7) is 6.30. The second-order valence-corrected chi connectivity index (χ2v) is 4.58. The Morgan fingerprint density at radius 3 is 2.06 bits per heavy atom. The van der Waals surface area contributed by atoms with Crippen LogP contribution in [-0.4, -0.2) is 5.78 Å². The average Bonchev–Trinajstić information content (AvgIpc) is 2.66. The van der Waals surface area contributed by atoms with E-state index < -0.39 is 0 Å². The van der Waals surface area contributed by atoms with Gasteiger partial charge in [0.2, 0.25) is 0 Å². The smallest absolute Gasteiger partial charge is 0.194 e. The molecule has 92 valence electrons. The number of benzene rings is 2. The number of rotatable bonds is 0. The van der Waals surface area contributed by atoms with Gasteiger partial charge < -0.3 is 0 Å². The monoisotopic (exact) mass is 238 g/mol. The number of carbonyl (C=O) groups is 1. The highest BCUT2D eigenvalue weighted by molar-refractivity contribution is 6.22. The molecule has 1 nitrogen and oxygen atoms in total. The summed E-state index contributed by atoms with van der Waals surface area (Å²) in [4.78, 5) is 12.0. The van der Waals surface area contributed by atoms with Crippen molar-refractivity contribution in [1.82, 2.24) is 0 Å². The molecule has 0 unspecified atom stereocenters. The van der Waals surface area contributed by atoms with E-state index in [1.165, 1.54) is 12.0 Å². The van der Waals surface area contributed by atoms with E-state index in [0.717, 1.165) is 22.3 Å². The van der Waals surface area contributed by atoms with Crippen molar-refractivity contribution < 1.29 is 4.79 Å². The molecule has 0 heterocycles. The van der Waals surface area contributed by atoms with Crippen molar-refractivity contribution in [3.63, 3.8) is 0 Å². The zero-order valence-corrected chi connectivity index (χ0v) is 11.2. The summed E-state index contributed by atoms with van der Waals surface area (Å²) >= 11 is 0. The van der Waals surface area contributed by atoms with Gasteiger partial charge in [-0.15, -0.1) is 0 Å². The van der Waals surface area contributed by atoms with Crippen molar-refractivity contribution in [2.45, 2.75) is 27.2 Å². The first-order valence-corrected chi connectivity index (χ1v) is 6.44. The average molecular weight is 238 g/mol. The minimum atomic E-state index is 0.157. The Balaban J connectivity index is 0.000000367. The normalized spacial score (nSPS) is 11.4. The third kappa shape index (κ3) is 1.97. The van der Waals surface area contributed by atoms with Gasteiger partial charge in [-0.2, -0.15) is 0 Å². The van der Waals surface area contributed by atoms with E-state index in [0.29, 0.717) is 0 Å². The van der Waals surface area contributed by atoms with Gasteiger partial charge in [0.15, 0.2) is 5.78 Å². The maximum absolute atomic E-state index is 12.0. The lowest BCUT2D eigenvalue weighted by molar-refractivity contribution is 0.104. The summed E-state index contributed by atoms with van der Waals surface area (Å²) < 4.78 is 0. The molecular formula is C17H18O. The fraction of sp³-hybridized carbons (Fsp3) is 0.235. The van der Waals surface area contributed by atoms with Gasteiger partial charge in [-0.25, -0.2) is 0 Å². The van der Waals surface area contributed by atoms with Gasteiger partial charge in [-0.1, -0.05) is 62.7 Å². The summed E-state index contributed by atoms with van der Waals surface area (Å²) in [6, 6.07) is 13.7. The summed E-state index contributed by atoms with van der Waals surface area (Å²) in [5.41, 5.74) is 5.04. The van der Waals surface area contributed by atoms with Crippen LogP contribution in [0.25, 0.3) is 11.1 Å². The molecule has 0 fully saturated rings. The van der Waals surface area contributed by atoms with E-state index in [1.54, 1.807) is 0 Å². The molecule has 1 heteroatoms. The first-order valence-electron chi connectivity index (χ1n) is 6.44. The molecule has 0 saturated heterocycles. The molecule has 0 saturated carbocycles. The lowest BCUT2D eigenvalue weighted by Crippen LogP contribution is -1.94. The predicted octanol–water partition coefficient (Wildman–Crippen LogP) is 4.62. The molecule has 0 radical (unpaired) electrons. The van der Waals surface area contributed by atoms with Gasteiger partial charge in [0, 0.05) is 11.1 Å². The minimum Gasteiger partial charge on any atom is -0.289 e. The number of hydrogen-bond acceptors (Lipinski definition) is 1. The molecule has 2 aromatic rings. The van der Waals surface area contributed by atoms with Crippen LogP contribution in [-0.2, 0) is 0 Å². The Morgan fingerprint density at radius 1 is 0.833 bits per heavy atom. The standard InChI is InChI=1S/C14H10O.C3H8/c1-9-5-4-8-12-13(9)10-6-2-3-7-11(10)14(12)15;1-3-2/h2-8H,1H3;3H2,1-2H3. The molecular weight excluding hydrogens is 220 g/mol. The molecule has 18 heavy (non-hydrogen) atoms. The Kier molecular flexibility index (Phi) is 3.61. The van der Waals surface area contributed by atoms with Crippen LogP contribution in [0.4, 0.5) is 0 Å². The second kappa shape index (κ2) is 5.18. The van der Waals surface area contributed by atoms with Crippen molar-refractivity contribution >= 4 is 5.78 Å². The molecule has 2 aromatic carbocycles. The SMILES string of the molecule is CCC.Cc1cccc2c1-c1ccccc1C2=O. The van der Waals surface area contributed by atoms with Crippen LogP contribution in [0.5, 0.6) is 0 Å². The maximum atomic E-state index is 12.0. The lowest BCUT2D eigenvalue weighted by Gasteiger charge is -2.02. The van der Waals surface area contributed by atoms with Crippen LogP contribution in [0.15, 0.2) is 42.5 Å². The summed E-state index contributed by atoms with van der Waals surface area (Å²) in [6.07, 6.45) is 1.25. The number of carbonyl (C=O) groups excluding carboxylic acids is 1. The predicted molar refractivity (Wildman–Crippen MR) is 76.0 cm³/mol. The van der Waals surface area contributed by atoms with Crippen LogP contribution in [0.3, 0.4) is 0 Å². The lowest BCUT2D eigenvalue weighted by atomic mass is 10.0. The number of fused-ring (bicyclic) bond motifs is 3. The molecule has 1 aliphatic carbocycles. The summed E-state index contributed by atoms with van der Waals surface area (Å²) in [5.74, 6) is 0.157. The van der Waals surface area contributed by atoms with Crippen LogP contribution in [0.1, 0.15) is 41.8 Å². The van der Waals surface area contributed by atoms with Crippen molar-refractivity contribution in [2.24, 2.45) is 0 Å². The molecule has 0 atom stereocenters. The molecule has 0 spiro atoms. The fourth-order valence-electron chi connectivity index (χ4n) is 2.26. The highest BCUT2D eigenvalue weighted by Gasteiger charge is 2.26. The van der Waals surface area contributed by atoms with E-state index in [1.807, 2.05) is 49.4 Å². The van der Waals surface area contributed by atoms with Gasteiger partial charge in [-0.3, -0.25) is 4.79 Å². The molecule has 0 amide bonds. The van der Waals surface area contributed by atoms with Crippen molar-refractivity contribution in [3.05, 3.63) is 59.2 Å². The number of hydrogen-bond donors (Lipinski definition) is 0. The van der Waals surface area contributed by atoms with Gasteiger partial charge in [0.1, 0.15) is 0 Å². The van der Waals surface area contributed by atoms with Gasteiger partial charge in [0.05, 0.1) is 0 Å². The van der Waals surface area contributed by atoms with E-state index in [-0.39, 0.29) is 5.78 Å². The summed E-state index contributed by atoms with van der Waals surface area (Å²) in [5, 5.41) is 0. The first-order chi connectivity index (χ1) is 8.70. The molecule has 1 aliphatic rings. The van der Waals surface area contributed by atoms with Crippen LogP contribution < -0.4 is 0 Å². The van der Waals surface area contributed by atoms with Crippen molar-refractivity contribution in [2.75, 3.05) is 0 Å². The van der Waals surface area contributed by atoms with Crippen molar-refractivity contribution in [1.29, 1.82) is 0 Å². The Hall–Kier alpha value is -1.89. The van der Waals surface area contributed by atoms with E-state index in [4.69, 9.17) is 0 Å². The summed E-state index contributed by atoms with van der Waals surface area (Å²) in [7, 11) is 0. The zero-order chi connectivity index (χ0) is 13.1. The van der Waals surface area contributed by atoms with Crippen LogP contribution in [0.2, 0.25) is 0 Å². The Bertz CT molecular complexity index is 582. The Morgan fingerprint density at radius 2 is 1.39 bits per heavy atom. The Labute approximate surface area is 108 Å². The third-order valence-electron chi connectivity index (χ3n) is 2.96. The topological polar surface area (TPSA) is 17.1 Å². The first kappa shape index (κ1) is 12.6. The van der Waals surface area contributed by atoms with Crippen LogP contribution in [0, 0.1) is 6.92 Å². The highest BCUT2D eigenvalue weighted by atomic mass is 16.1. The van der Waals surface area contributed by atoms with E-state index in [9.17, 15) is 4.79 Å². The fourth-order valence-corrected chi connectivity index (χ4v) is 2.26. The second-order valence-electron chi connectivity index (χ2n) is 4.58. The molecule has 0 N–H and O–H groups in total. The molecule has 0 aliphatic heterocycles. The van der Waals surface area contributed by atoms with E-state index >= 15 is 0 Å². The van der Waals surface area contributed by atoms with Gasteiger partial charge >= 0.3 is 0 Å². The van der Waals surface area contributed by atoms with Gasteiger partial charge in [0.25, 0.3) is 0 Å². The molecule has 0 bridgehead atoms. The number of aryl methyl sites for hydroxylation is 1. The minimum absolute atomic E-state index is 0.157. The van der Waals surface area contributed by atoms with Crippen LogP contribution >= 0.6 is 0 Å². The highest BCUT2D eigenvalue weighted by Crippen LogP contribution is 2.38. The molecule has 3 rings (SSSR count). The van der Waals surface area contributed by atoms with Crippen molar-refractivity contribution in [3.8, 4) is 11.1 Å². The quantitative estimate of drug-likeness (QED) is 0.558. The third-order valence-corrected chi connectivity index (χ3v) is 2.96. The largest absolute Gasteiger partial charge is 0.289 e. The maximum Gasteiger partial charge on any atom is 0.194 e.